The third-order valence-corrected chi connectivity index (χ3v) is 4.71. The van der Waals surface area contributed by atoms with Crippen molar-refractivity contribution in [2.24, 2.45) is 0 Å². The summed E-state index contributed by atoms with van der Waals surface area (Å²) in [5.41, 5.74) is 2.61. The predicted octanol–water partition coefficient (Wildman–Crippen LogP) is 2.35. The highest BCUT2D eigenvalue weighted by atomic mass is 16.5. The van der Waals surface area contributed by atoms with Crippen LogP contribution in [-0.4, -0.2) is 46.8 Å². The number of allylic oxidation sites excluding steroid dienone is 1. The van der Waals surface area contributed by atoms with Crippen molar-refractivity contribution in [2.45, 2.75) is 26.9 Å². The number of carbonyl (C=O) groups excluding carboxylic acids is 2. The molecule has 3 rings (SSSR count). The molecule has 1 aliphatic heterocycles. The van der Waals surface area contributed by atoms with E-state index in [0.717, 1.165) is 27.9 Å². The first kappa shape index (κ1) is 20.1. The van der Waals surface area contributed by atoms with Crippen LogP contribution in [0.15, 0.2) is 40.7 Å². The standard InChI is InChI=1S/C20H23N5O4/c1-13-17(14(2)29-23-13)10-22-9-16(8-21)25-19(26)12-24(20(25)27)11-15-6-4-5-7-18(15)28-3/h4-9,21-22H,10-12H2,1-3H3/b16-9+,21-8?. The Morgan fingerprint density at radius 3 is 2.76 bits per heavy atom. The summed E-state index contributed by atoms with van der Waals surface area (Å²) in [6.45, 7) is 4.22. The molecule has 2 N–H and O–H groups in total. The molecule has 9 nitrogen and oxygen atoms in total. The van der Waals surface area contributed by atoms with Gasteiger partial charge in [-0.15, -0.1) is 0 Å². The molecule has 152 valence electrons. The lowest BCUT2D eigenvalue weighted by Crippen LogP contribution is -2.33. The summed E-state index contributed by atoms with van der Waals surface area (Å²) >= 11 is 0. The van der Waals surface area contributed by atoms with Crippen LogP contribution in [0, 0.1) is 19.3 Å². The van der Waals surface area contributed by atoms with Crippen molar-refractivity contribution in [3.63, 3.8) is 0 Å². The van der Waals surface area contributed by atoms with E-state index in [4.69, 9.17) is 14.7 Å². The van der Waals surface area contributed by atoms with Crippen LogP contribution in [0.3, 0.4) is 0 Å². The van der Waals surface area contributed by atoms with Crippen LogP contribution in [0.1, 0.15) is 22.6 Å². The van der Waals surface area contributed by atoms with Gasteiger partial charge < -0.3 is 24.9 Å². The van der Waals surface area contributed by atoms with Gasteiger partial charge in [-0.1, -0.05) is 23.4 Å². The molecule has 1 aliphatic rings. The number of benzene rings is 1. The van der Waals surface area contributed by atoms with Crippen LogP contribution >= 0.6 is 0 Å². The van der Waals surface area contributed by atoms with E-state index in [-0.39, 0.29) is 18.8 Å². The number of hydrogen-bond acceptors (Lipinski definition) is 7. The summed E-state index contributed by atoms with van der Waals surface area (Å²) in [5.74, 6) is 0.949. The number of aromatic nitrogens is 1. The number of hydrogen-bond donors (Lipinski definition) is 2. The average molecular weight is 397 g/mol. The van der Waals surface area contributed by atoms with Crippen LogP contribution in [-0.2, 0) is 17.9 Å². The number of para-hydroxylation sites is 1. The minimum atomic E-state index is -0.477. The molecule has 0 spiro atoms. The molecule has 9 heteroatoms. The van der Waals surface area contributed by atoms with E-state index in [9.17, 15) is 9.59 Å². The molecule has 1 aromatic carbocycles. The minimum Gasteiger partial charge on any atom is -0.496 e. The van der Waals surface area contributed by atoms with Crippen molar-refractivity contribution in [1.29, 1.82) is 5.41 Å². The number of aryl methyl sites for hydroxylation is 2. The van der Waals surface area contributed by atoms with E-state index in [1.54, 1.807) is 13.2 Å². The lowest BCUT2D eigenvalue weighted by molar-refractivity contribution is -0.123. The Hall–Kier alpha value is -3.62. The van der Waals surface area contributed by atoms with Crippen molar-refractivity contribution in [1.82, 2.24) is 20.3 Å². The Morgan fingerprint density at radius 1 is 1.34 bits per heavy atom. The second kappa shape index (κ2) is 8.59. The molecule has 29 heavy (non-hydrogen) atoms. The van der Waals surface area contributed by atoms with E-state index >= 15 is 0 Å². The van der Waals surface area contributed by atoms with Gasteiger partial charge in [-0.2, -0.15) is 0 Å². The minimum absolute atomic E-state index is 0.0636. The molecule has 0 atom stereocenters. The molecule has 0 saturated carbocycles. The third-order valence-electron chi connectivity index (χ3n) is 4.71. The zero-order valence-corrected chi connectivity index (χ0v) is 16.6. The molecule has 0 unspecified atom stereocenters. The quantitative estimate of drug-likeness (QED) is 0.522. The van der Waals surface area contributed by atoms with Gasteiger partial charge in [-0.25, -0.2) is 9.69 Å². The smallest absolute Gasteiger partial charge is 0.332 e. The van der Waals surface area contributed by atoms with E-state index in [0.29, 0.717) is 18.1 Å². The lowest BCUT2D eigenvalue weighted by atomic mass is 10.2. The molecule has 1 aromatic heterocycles. The fourth-order valence-electron chi connectivity index (χ4n) is 3.15. The van der Waals surface area contributed by atoms with Gasteiger partial charge in [0.15, 0.2) is 0 Å². The van der Waals surface area contributed by atoms with Gasteiger partial charge in [0.2, 0.25) is 0 Å². The van der Waals surface area contributed by atoms with Gasteiger partial charge >= 0.3 is 6.03 Å². The van der Waals surface area contributed by atoms with Crippen molar-refractivity contribution >= 4 is 18.2 Å². The zero-order valence-electron chi connectivity index (χ0n) is 16.6. The van der Waals surface area contributed by atoms with Gasteiger partial charge in [0, 0.05) is 30.1 Å². The van der Waals surface area contributed by atoms with Crippen molar-refractivity contribution in [3.8, 4) is 5.75 Å². The summed E-state index contributed by atoms with van der Waals surface area (Å²) in [6.07, 6.45) is 2.45. The maximum atomic E-state index is 12.8. The second-order valence-electron chi connectivity index (χ2n) is 6.58. The molecule has 0 aliphatic carbocycles. The van der Waals surface area contributed by atoms with Gasteiger partial charge in [0.25, 0.3) is 5.91 Å². The number of imide groups is 1. The SMILES string of the molecule is COc1ccccc1CN1CC(=O)N(/C(C=N)=C/NCc2c(C)noc2C)C1=O. The van der Waals surface area contributed by atoms with Crippen LogP contribution < -0.4 is 10.1 Å². The fraction of sp³-hybridized carbons (Fsp3) is 0.300. The van der Waals surface area contributed by atoms with E-state index < -0.39 is 11.9 Å². The fourth-order valence-corrected chi connectivity index (χ4v) is 3.15. The van der Waals surface area contributed by atoms with Gasteiger partial charge in [-0.05, 0) is 19.9 Å². The predicted molar refractivity (Wildman–Crippen MR) is 105 cm³/mol. The number of nitrogens with zero attached hydrogens (tertiary/aromatic N) is 3. The number of rotatable bonds is 8. The number of ether oxygens (including phenoxy) is 1. The molecule has 1 fully saturated rings. The largest absolute Gasteiger partial charge is 0.496 e. The van der Waals surface area contributed by atoms with Gasteiger partial charge in [0.05, 0.1) is 25.0 Å². The first-order valence-corrected chi connectivity index (χ1v) is 9.05. The summed E-state index contributed by atoms with van der Waals surface area (Å²) in [5, 5.41) is 14.6. The molecular weight excluding hydrogens is 374 g/mol. The molecule has 3 amide bonds. The van der Waals surface area contributed by atoms with Gasteiger partial charge in [0.1, 0.15) is 18.1 Å². The Bertz CT molecular complexity index is 946. The molecule has 2 heterocycles. The van der Waals surface area contributed by atoms with E-state index in [1.165, 1.54) is 11.1 Å². The van der Waals surface area contributed by atoms with Crippen LogP contribution in [0.5, 0.6) is 5.75 Å². The van der Waals surface area contributed by atoms with Crippen molar-refractivity contribution in [2.75, 3.05) is 13.7 Å². The number of carbonyl (C=O) groups is 2. The first-order chi connectivity index (χ1) is 14.0. The summed E-state index contributed by atoms with van der Waals surface area (Å²) in [6, 6.07) is 6.86. The maximum absolute atomic E-state index is 12.8. The normalized spacial score (nSPS) is 14.5. The maximum Gasteiger partial charge on any atom is 0.332 e. The van der Waals surface area contributed by atoms with Crippen LogP contribution in [0.4, 0.5) is 4.79 Å². The second-order valence-corrected chi connectivity index (χ2v) is 6.58. The first-order valence-electron chi connectivity index (χ1n) is 9.05. The summed E-state index contributed by atoms with van der Waals surface area (Å²) < 4.78 is 10.4. The monoisotopic (exact) mass is 397 g/mol. The average Bonchev–Trinajstić information content (AvgIpc) is 3.18. The van der Waals surface area contributed by atoms with Crippen molar-refractivity contribution < 1.29 is 18.8 Å². The van der Waals surface area contributed by atoms with Gasteiger partial charge in [-0.3, -0.25) is 4.79 Å². The highest BCUT2D eigenvalue weighted by Gasteiger charge is 2.38. The Labute approximate surface area is 168 Å². The molecule has 2 aromatic rings. The van der Waals surface area contributed by atoms with Crippen LogP contribution in [0.25, 0.3) is 0 Å². The highest BCUT2D eigenvalue weighted by molar-refractivity contribution is 6.07. The summed E-state index contributed by atoms with van der Waals surface area (Å²) in [7, 11) is 1.56. The molecule has 0 bridgehead atoms. The number of amides is 3. The van der Waals surface area contributed by atoms with E-state index in [2.05, 4.69) is 10.5 Å². The number of nitrogens with one attached hydrogen (secondary N) is 2. The van der Waals surface area contributed by atoms with Crippen molar-refractivity contribution in [3.05, 3.63) is 58.7 Å². The van der Waals surface area contributed by atoms with E-state index in [1.807, 2.05) is 32.0 Å². The van der Waals surface area contributed by atoms with Crippen LogP contribution in [0.2, 0.25) is 0 Å². The number of urea groups is 1. The summed E-state index contributed by atoms with van der Waals surface area (Å²) in [4.78, 5) is 27.7. The topological polar surface area (TPSA) is 112 Å². The Morgan fingerprint density at radius 2 is 2.10 bits per heavy atom. The Kier molecular flexibility index (Phi) is 5.96. The molecule has 1 saturated heterocycles. The zero-order chi connectivity index (χ0) is 21.0. The lowest BCUT2D eigenvalue weighted by Gasteiger charge is -2.18. The number of methoxy groups -OCH3 is 1. The Balaban J connectivity index is 1.72. The molecule has 0 radical (unpaired) electrons. The molecular formula is C20H23N5O4. The highest BCUT2D eigenvalue weighted by Crippen LogP contribution is 2.23. The third kappa shape index (κ3) is 4.13.